The van der Waals surface area contributed by atoms with E-state index < -0.39 is 21.8 Å². The zero-order chi connectivity index (χ0) is 19.4. The van der Waals surface area contributed by atoms with E-state index in [9.17, 15) is 18.0 Å². The van der Waals surface area contributed by atoms with Gasteiger partial charge < -0.3 is 5.73 Å². The van der Waals surface area contributed by atoms with E-state index in [1.807, 2.05) is 0 Å². The first kappa shape index (κ1) is 19.7. The Balaban J connectivity index is 1.65. The summed E-state index contributed by atoms with van der Waals surface area (Å²) in [6, 6.07) is 5.78. The van der Waals surface area contributed by atoms with Crippen molar-refractivity contribution in [3.63, 3.8) is 0 Å². The number of benzene rings is 1. The minimum atomic E-state index is -3.51. The van der Waals surface area contributed by atoms with Gasteiger partial charge >= 0.3 is 0 Å². The van der Waals surface area contributed by atoms with E-state index in [-0.39, 0.29) is 15.8 Å². The Morgan fingerprint density at radius 1 is 1.19 bits per heavy atom. The fourth-order valence-corrected chi connectivity index (χ4v) is 5.48. The zero-order valence-corrected chi connectivity index (χ0v) is 16.6. The average Bonchev–Trinajstić information content (AvgIpc) is 3.32. The molecule has 0 unspecified atom stereocenters. The van der Waals surface area contributed by atoms with Crippen LogP contribution in [0.5, 0.6) is 0 Å². The summed E-state index contributed by atoms with van der Waals surface area (Å²) in [5.41, 5.74) is 5.37. The molecule has 0 aliphatic carbocycles. The van der Waals surface area contributed by atoms with Crippen LogP contribution in [-0.4, -0.2) is 53.6 Å². The maximum Gasteiger partial charge on any atom is 0.257 e. The summed E-state index contributed by atoms with van der Waals surface area (Å²) in [5.74, 6) is -0.817. The smallest absolute Gasteiger partial charge is 0.257 e. The molecule has 2 amide bonds. The van der Waals surface area contributed by atoms with Gasteiger partial charge in [-0.2, -0.15) is 4.31 Å². The first-order chi connectivity index (χ1) is 12.9. The second-order valence-corrected chi connectivity index (χ2v) is 9.86. The molecule has 1 saturated heterocycles. The lowest BCUT2D eigenvalue weighted by molar-refractivity contribution is -0.115. The van der Waals surface area contributed by atoms with Crippen LogP contribution in [0.25, 0.3) is 0 Å². The first-order valence-corrected chi connectivity index (χ1v) is 11.3. The molecule has 2 aromatic rings. The lowest BCUT2D eigenvalue weighted by Gasteiger charge is -2.15. The average molecular weight is 428 g/mol. The largest absolute Gasteiger partial charge is 0.369 e. The van der Waals surface area contributed by atoms with Crippen molar-refractivity contribution in [1.82, 2.24) is 14.5 Å². The third-order valence-electron chi connectivity index (χ3n) is 3.78. The molecule has 0 bridgehead atoms. The number of rotatable bonds is 7. The fourth-order valence-electron chi connectivity index (χ4n) is 2.48. The van der Waals surface area contributed by atoms with Crippen LogP contribution in [0.4, 0.5) is 5.13 Å². The number of thioether (sulfide) groups is 1. The summed E-state index contributed by atoms with van der Waals surface area (Å²) in [6.07, 6.45) is 1.72. The van der Waals surface area contributed by atoms with Crippen LogP contribution in [0.2, 0.25) is 0 Å². The van der Waals surface area contributed by atoms with E-state index in [4.69, 9.17) is 5.73 Å². The van der Waals surface area contributed by atoms with Crippen LogP contribution in [-0.2, 0) is 14.8 Å². The molecule has 1 aromatic heterocycles. The van der Waals surface area contributed by atoms with Crippen molar-refractivity contribution in [2.75, 3.05) is 24.2 Å². The third kappa shape index (κ3) is 4.83. The van der Waals surface area contributed by atoms with Crippen molar-refractivity contribution < 1.29 is 18.0 Å². The maximum absolute atomic E-state index is 12.5. The summed E-state index contributed by atoms with van der Waals surface area (Å²) in [7, 11) is -3.51. The number of sulfonamides is 1. The summed E-state index contributed by atoms with van der Waals surface area (Å²) in [5, 5.41) is 10.6. The van der Waals surface area contributed by atoms with Gasteiger partial charge in [0.25, 0.3) is 5.91 Å². The molecule has 0 radical (unpaired) electrons. The number of nitrogens with zero attached hydrogens (tertiary/aromatic N) is 3. The molecule has 144 valence electrons. The van der Waals surface area contributed by atoms with Crippen molar-refractivity contribution >= 4 is 50.1 Å². The number of carbonyl (C=O) groups excluding carboxylic acids is 2. The van der Waals surface area contributed by atoms with Gasteiger partial charge in [-0.1, -0.05) is 23.1 Å². The number of aromatic nitrogens is 2. The minimum absolute atomic E-state index is 0.0789. The normalized spacial score (nSPS) is 15.0. The Bertz CT molecular complexity index is 937. The van der Waals surface area contributed by atoms with Gasteiger partial charge in [0.05, 0.1) is 10.6 Å². The van der Waals surface area contributed by atoms with Crippen LogP contribution >= 0.6 is 23.1 Å². The highest BCUT2D eigenvalue weighted by molar-refractivity contribution is 8.01. The second-order valence-electron chi connectivity index (χ2n) is 5.72. The Kier molecular flexibility index (Phi) is 6.09. The summed E-state index contributed by atoms with van der Waals surface area (Å²) >= 11 is 2.26. The topological polar surface area (TPSA) is 135 Å². The molecule has 2 heterocycles. The number of amides is 2. The molecule has 12 heteroatoms. The van der Waals surface area contributed by atoms with Crippen LogP contribution in [0.1, 0.15) is 23.2 Å². The molecule has 27 heavy (non-hydrogen) atoms. The van der Waals surface area contributed by atoms with E-state index in [0.717, 1.165) is 35.9 Å². The molecule has 0 saturated carbocycles. The SMILES string of the molecule is NC(=O)CSc1nnc(NC(=O)c2ccc(S(=O)(=O)N3CCCC3)cc2)s1. The first-order valence-electron chi connectivity index (χ1n) is 8.02. The molecular weight excluding hydrogens is 410 g/mol. The van der Waals surface area contributed by atoms with Gasteiger partial charge in [-0.3, -0.25) is 14.9 Å². The summed E-state index contributed by atoms with van der Waals surface area (Å²) in [4.78, 5) is 23.2. The third-order valence-corrected chi connectivity index (χ3v) is 7.69. The van der Waals surface area contributed by atoms with E-state index in [1.165, 1.54) is 28.6 Å². The number of nitrogens with one attached hydrogen (secondary N) is 1. The molecule has 0 atom stereocenters. The molecule has 0 spiro atoms. The molecule has 3 N–H and O–H groups in total. The summed E-state index contributed by atoms with van der Waals surface area (Å²) in [6.45, 7) is 1.05. The van der Waals surface area contributed by atoms with Gasteiger partial charge in [-0.05, 0) is 37.1 Å². The van der Waals surface area contributed by atoms with Gasteiger partial charge in [0.15, 0.2) is 4.34 Å². The quantitative estimate of drug-likeness (QED) is 0.500. The van der Waals surface area contributed by atoms with E-state index in [2.05, 4.69) is 15.5 Å². The lowest BCUT2D eigenvalue weighted by Crippen LogP contribution is -2.27. The predicted octanol–water partition coefficient (Wildman–Crippen LogP) is 1.15. The predicted molar refractivity (Wildman–Crippen MR) is 102 cm³/mol. The second kappa shape index (κ2) is 8.33. The highest BCUT2D eigenvalue weighted by atomic mass is 32.2. The maximum atomic E-state index is 12.5. The minimum Gasteiger partial charge on any atom is -0.369 e. The van der Waals surface area contributed by atoms with Gasteiger partial charge in [0, 0.05) is 18.7 Å². The van der Waals surface area contributed by atoms with Crippen LogP contribution in [0, 0.1) is 0 Å². The van der Waals surface area contributed by atoms with Crippen molar-refractivity contribution in [3.05, 3.63) is 29.8 Å². The van der Waals surface area contributed by atoms with Crippen molar-refractivity contribution in [2.45, 2.75) is 22.1 Å². The van der Waals surface area contributed by atoms with Crippen LogP contribution < -0.4 is 11.1 Å². The van der Waals surface area contributed by atoms with Gasteiger partial charge in [0.1, 0.15) is 0 Å². The zero-order valence-electron chi connectivity index (χ0n) is 14.1. The molecule has 1 aromatic carbocycles. The highest BCUT2D eigenvalue weighted by Gasteiger charge is 2.27. The van der Waals surface area contributed by atoms with E-state index in [0.29, 0.717) is 23.0 Å². The van der Waals surface area contributed by atoms with E-state index in [1.54, 1.807) is 0 Å². The van der Waals surface area contributed by atoms with Crippen molar-refractivity contribution in [1.29, 1.82) is 0 Å². The number of primary amides is 1. The Hall–Kier alpha value is -2.02. The number of hydrogen-bond acceptors (Lipinski definition) is 8. The Morgan fingerprint density at radius 3 is 2.48 bits per heavy atom. The fraction of sp³-hybridized carbons (Fsp3) is 0.333. The number of anilines is 1. The monoisotopic (exact) mass is 427 g/mol. The molecule has 9 nitrogen and oxygen atoms in total. The van der Waals surface area contributed by atoms with E-state index >= 15 is 0 Å². The number of carbonyl (C=O) groups is 2. The number of nitrogens with two attached hydrogens (primary N) is 1. The Morgan fingerprint density at radius 2 is 1.85 bits per heavy atom. The van der Waals surface area contributed by atoms with Crippen LogP contribution in [0.15, 0.2) is 33.5 Å². The Labute approximate surface area is 164 Å². The van der Waals surface area contributed by atoms with Gasteiger partial charge in [0.2, 0.25) is 21.1 Å². The van der Waals surface area contributed by atoms with Crippen LogP contribution in [0.3, 0.4) is 0 Å². The molecule has 1 aliphatic rings. The molecule has 1 aliphatic heterocycles. The standard InChI is InChI=1S/C15H17N5O4S3/c16-12(21)9-25-15-19-18-14(26-15)17-13(22)10-3-5-11(6-4-10)27(23,24)20-7-1-2-8-20/h3-6H,1-2,7-9H2,(H2,16,21)(H,17,18,22). The van der Waals surface area contributed by atoms with Gasteiger partial charge in [-0.25, -0.2) is 8.42 Å². The van der Waals surface area contributed by atoms with Gasteiger partial charge in [-0.15, -0.1) is 10.2 Å². The molecule has 3 rings (SSSR count). The highest BCUT2D eigenvalue weighted by Crippen LogP contribution is 2.26. The van der Waals surface area contributed by atoms with Crippen molar-refractivity contribution in [2.24, 2.45) is 5.73 Å². The number of hydrogen-bond donors (Lipinski definition) is 2. The lowest BCUT2D eigenvalue weighted by atomic mass is 10.2. The molecular formula is C15H17N5O4S3. The molecule has 1 fully saturated rings. The summed E-state index contributed by atoms with van der Waals surface area (Å²) < 4.78 is 26.9. The van der Waals surface area contributed by atoms with Crippen molar-refractivity contribution in [3.8, 4) is 0 Å².